The molecule has 152 valence electrons. The van der Waals surface area contributed by atoms with Crippen molar-refractivity contribution in [3.05, 3.63) is 82.1 Å². The van der Waals surface area contributed by atoms with Gasteiger partial charge in [0.1, 0.15) is 5.60 Å². The largest absolute Gasteiger partial charge is 0.482 e. The van der Waals surface area contributed by atoms with Crippen LogP contribution in [0.15, 0.2) is 71.5 Å². The number of urea groups is 1. The molecule has 1 unspecified atom stereocenters. The quantitative estimate of drug-likeness (QED) is 0.688. The van der Waals surface area contributed by atoms with Crippen molar-refractivity contribution < 1.29 is 9.53 Å². The lowest BCUT2D eigenvalue weighted by Gasteiger charge is -2.43. The summed E-state index contributed by atoms with van der Waals surface area (Å²) in [5.41, 5.74) is 2.42. The molecular weight excluding hydrogens is 388 g/mol. The molecule has 3 aliphatic heterocycles. The molecule has 1 aromatic rings. The fraction of sp³-hybridized carbons (Fsp3) is 0.318. The first-order chi connectivity index (χ1) is 13.8. The van der Waals surface area contributed by atoms with Crippen LogP contribution in [0, 0.1) is 0 Å². The van der Waals surface area contributed by atoms with E-state index in [2.05, 4.69) is 16.0 Å². The van der Waals surface area contributed by atoms with Gasteiger partial charge in [-0.1, -0.05) is 29.8 Å². The minimum atomic E-state index is -0.500. The first kappa shape index (κ1) is 19.5. The second kappa shape index (κ2) is 7.52. The van der Waals surface area contributed by atoms with Crippen LogP contribution in [0.3, 0.4) is 0 Å². The number of ether oxygens (including phenoxy) is 1. The maximum absolute atomic E-state index is 13.2. The number of amides is 2. The minimum Gasteiger partial charge on any atom is -0.482 e. The summed E-state index contributed by atoms with van der Waals surface area (Å²) in [6.45, 7) is 6.95. The number of carbonyl (C=O) groups is 1. The lowest BCUT2D eigenvalue weighted by atomic mass is 10.0. The van der Waals surface area contributed by atoms with Crippen molar-refractivity contribution in [2.45, 2.75) is 32.4 Å². The van der Waals surface area contributed by atoms with E-state index >= 15 is 0 Å². The molecule has 4 rings (SSSR count). The van der Waals surface area contributed by atoms with Gasteiger partial charge in [0.2, 0.25) is 0 Å². The van der Waals surface area contributed by atoms with Gasteiger partial charge in [0.05, 0.1) is 19.1 Å². The zero-order valence-corrected chi connectivity index (χ0v) is 17.5. The van der Waals surface area contributed by atoms with Crippen molar-refractivity contribution >= 4 is 17.6 Å². The van der Waals surface area contributed by atoms with Crippen LogP contribution in [0.5, 0.6) is 0 Å². The molecule has 1 atom stereocenters. The summed E-state index contributed by atoms with van der Waals surface area (Å²) in [5, 5.41) is 10.3. The van der Waals surface area contributed by atoms with Crippen LogP contribution in [0.1, 0.15) is 32.4 Å². The average Bonchev–Trinajstić information content (AvgIpc) is 2.66. The van der Waals surface area contributed by atoms with Gasteiger partial charge >= 0.3 is 6.03 Å². The summed E-state index contributed by atoms with van der Waals surface area (Å²) in [7, 11) is 0. The molecule has 3 aliphatic rings. The van der Waals surface area contributed by atoms with Crippen molar-refractivity contribution in [3.63, 3.8) is 0 Å². The molecule has 0 spiro atoms. The zero-order valence-electron chi connectivity index (χ0n) is 16.8. The molecule has 3 N–H and O–H groups in total. The van der Waals surface area contributed by atoms with E-state index in [0.29, 0.717) is 29.7 Å². The Morgan fingerprint density at radius 3 is 2.97 bits per heavy atom. The van der Waals surface area contributed by atoms with Gasteiger partial charge in [0.15, 0.2) is 11.6 Å². The predicted octanol–water partition coefficient (Wildman–Crippen LogP) is 3.92. The molecule has 0 aromatic heterocycles. The number of halogens is 1. The summed E-state index contributed by atoms with van der Waals surface area (Å²) in [6.07, 6.45) is 7.84. The number of hydrogen-bond donors (Lipinski definition) is 3. The van der Waals surface area contributed by atoms with Crippen LogP contribution in [-0.2, 0) is 4.74 Å². The van der Waals surface area contributed by atoms with Crippen LogP contribution in [0.2, 0.25) is 5.02 Å². The van der Waals surface area contributed by atoms with Gasteiger partial charge in [-0.25, -0.2) is 4.79 Å². The van der Waals surface area contributed by atoms with Crippen LogP contribution >= 0.6 is 11.6 Å². The molecule has 7 heteroatoms. The molecule has 2 amide bonds. The van der Waals surface area contributed by atoms with E-state index < -0.39 is 5.60 Å². The monoisotopic (exact) mass is 412 g/mol. The Labute approximate surface area is 175 Å². The van der Waals surface area contributed by atoms with Crippen LogP contribution < -0.4 is 16.0 Å². The fourth-order valence-electron chi connectivity index (χ4n) is 3.65. The van der Waals surface area contributed by atoms with E-state index in [9.17, 15) is 4.79 Å². The Morgan fingerprint density at radius 2 is 2.21 bits per heavy atom. The highest BCUT2D eigenvalue weighted by molar-refractivity contribution is 6.30. The second-order valence-electron chi connectivity index (χ2n) is 8.07. The summed E-state index contributed by atoms with van der Waals surface area (Å²) in [6, 6.07) is 7.39. The molecule has 29 heavy (non-hydrogen) atoms. The maximum atomic E-state index is 13.2. The molecule has 3 heterocycles. The third-order valence-corrected chi connectivity index (χ3v) is 5.14. The highest BCUT2D eigenvalue weighted by Crippen LogP contribution is 2.33. The van der Waals surface area contributed by atoms with Crippen LogP contribution in [0.25, 0.3) is 0 Å². The van der Waals surface area contributed by atoms with E-state index in [1.165, 1.54) is 0 Å². The van der Waals surface area contributed by atoms with Gasteiger partial charge in [-0.2, -0.15) is 0 Å². The number of rotatable bonds is 2. The predicted molar refractivity (Wildman–Crippen MR) is 114 cm³/mol. The Balaban J connectivity index is 1.60. The van der Waals surface area contributed by atoms with E-state index in [1.54, 1.807) is 4.90 Å². The molecule has 0 radical (unpaired) electrons. The van der Waals surface area contributed by atoms with Crippen molar-refractivity contribution in [3.8, 4) is 0 Å². The summed E-state index contributed by atoms with van der Waals surface area (Å²) in [5.74, 6) is 1.31. The number of nitrogens with one attached hydrogen (secondary N) is 3. The summed E-state index contributed by atoms with van der Waals surface area (Å²) < 4.78 is 6.12. The fourth-order valence-corrected chi connectivity index (χ4v) is 3.85. The van der Waals surface area contributed by atoms with Gasteiger partial charge in [0.25, 0.3) is 0 Å². The summed E-state index contributed by atoms with van der Waals surface area (Å²) in [4.78, 5) is 14.9. The third-order valence-electron chi connectivity index (χ3n) is 4.91. The maximum Gasteiger partial charge on any atom is 0.327 e. The number of benzene rings is 1. The van der Waals surface area contributed by atoms with Gasteiger partial charge < -0.3 is 20.7 Å². The lowest BCUT2D eigenvalue weighted by molar-refractivity contribution is -0.00729. The van der Waals surface area contributed by atoms with Crippen molar-refractivity contribution in [2.24, 2.45) is 0 Å². The SMILES string of the molecule is CC1=CNCC(NC(=O)N2CC(C)(C)OC3=C2NC(c2cccc(Cl)c2)C=C3)=C1. The molecule has 0 aliphatic carbocycles. The highest BCUT2D eigenvalue weighted by atomic mass is 35.5. The first-order valence-corrected chi connectivity index (χ1v) is 10.0. The Kier molecular flexibility index (Phi) is 5.04. The van der Waals surface area contributed by atoms with E-state index in [0.717, 1.165) is 16.8 Å². The number of carbonyl (C=O) groups excluding carboxylic acids is 1. The highest BCUT2D eigenvalue weighted by Gasteiger charge is 2.38. The molecule has 0 saturated carbocycles. The smallest absolute Gasteiger partial charge is 0.327 e. The Hall–Kier alpha value is -2.86. The molecule has 0 fully saturated rings. The van der Waals surface area contributed by atoms with Crippen molar-refractivity contribution in [2.75, 3.05) is 13.1 Å². The van der Waals surface area contributed by atoms with Crippen molar-refractivity contribution in [1.82, 2.24) is 20.9 Å². The standard InChI is InChI=1S/C22H25ClN4O2/c1-14-9-17(12-24-11-14)25-21(28)27-13-22(2,3)29-19-8-7-18(26-20(19)27)15-5-4-6-16(23)10-15/h4-11,18,24,26H,12-13H2,1-3H3,(H,25,28). The molecule has 1 aromatic carbocycles. The normalized spacial score (nSPS) is 22.5. The number of hydrogen-bond acceptors (Lipinski definition) is 4. The zero-order chi connectivity index (χ0) is 20.6. The molecule has 0 bridgehead atoms. The molecular formula is C22H25ClN4O2. The van der Waals surface area contributed by atoms with E-state index in [1.807, 2.05) is 69.5 Å². The first-order valence-electron chi connectivity index (χ1n) is 9.63. The van der Waals surface area contributed by atoms with Crippen LogP contribution in [0.4, 0.5) is 4.79 Å². The Morgan fingerprint density at radius 1 is 1.38 bits per heavy atom. The topological polar surface area (TPSA) is 65.6 Å². The van der Waals surface area contributed by atoms with Gasteiger partial charge in [0, 0.05) is 10.7 Å². The second-order valence-corrected chi connectivity index (χ2v) is 8.50. The minimum absolute atomic E-state index is 0.103. The molecule has 0 saturated heterocycles. The van der Waals surface area contributed by atoms with Gasteiger partial charge in [-0.3, -0.25) is 4.90 Å². The number of dihydropyridines is 2. The summed E-state index contributed by atoms with van der Waals surface area (Å²) >= 11 is 6.16. The number of nitrogens with zero attached hydrogens (tertiary/aromatic N) is 1. The number of allylic oxidation sites excluding steroid dienone is 3. The van der Waals surface area contributed by atoms with Crippen molar-refractivity contribution in [1.29, 1.82) is 0 Å². The van der Waals surface area contributed by atoms with Crippen LogP contribution in [-0.4, -0.2) is 29.6 Å². The van der Waals surface area contributed by atoms with E-state index in [-0.39, 0.29) is 12.1 Å². The van der Waals surface area contributed by atoms with Gasteiger partial charge in [-0.15, -0.1) is 0 Å². The van der Waals surface area contributed by atoms with E-state index in [4.69, 9.17) is 16.3 Å². The molecule has 6 nitrogen and oxygen atoms in total. The van der Waals surface area contributed by atoms with Gasteiger partial charge in [-0.05, 0) is 62.4 Å². The Bertz CT molecular complexity index is 961. The average molecular weight is 413 g/mol. The third kappa shape index (κ3) is 4.27. The lowest BCUT2D eigenvalue weighted by Crippen LogP contribution is -2.54.